The zero-order chi connectivity index (χ0) is 18.3. The number of nitrogens with zero attached hydrogens (tertiary/aromatic N) is 2. The Bertz CT molecular complexity index is 454. The molecule has 0 amide bonds. The Balaban J connectivity index is 0.00000338. The van der Waals surface area contributed by atoms with Gasteiger partial charge in [0.1, 0.15) is 12.1 Å². The zero-order valence-electron chi connectivity index (χ0n) is 16.5. The van der Waals surface area contributed by atoms with Crippen molar-refractivity contribution < 1.29 is 19.0 Å². The molecule has 2 fully saturated rings. The highest BCUT2D eigenvalue weighted by Gasteiger charge is 2.24. The standard InChI is InChI=1S/C18H33N3O4.HI/c1-18(2,3)25-16(22)12-20-17(19-4)21-9-7-14(8-10-21)24-13-15-6-5-11-23-15;/h14-15H,5-13H2,1-4H3,(H,19,20);1H. The quantitative estimate of drug-likeness (QED) is 0.280. The Hall–Kier alpha value is -0.610. The molecule has 1 N–H and O–H groups in total. The highest BCUT2D eigenvalue weighted by molar-refractivity contribution is 14.0. The van der Waals surface area contributed by atoms with Gasteiger partial charge >= 0.3 is 5.97 Å². The highest BCUT2D eigenvalue weighted by Crippen LogP contribution is 2.17. The monoisotopic (exact) mass is 483 g/mol. The summed E-state index contributed by atoms with van der Waals surface area (Å²) >= 11 is 0. The van der Waals surface area contributed by atoms with Crippen LogP contribution >= 0.6 is 24.0 Å². The van der Waals surface area contributed by atoms with Crippen molar-refractivity contribution in [2.75, 3.05) is 39.9 Å². The molecule has 0 spiro atoms. The van der Waals surface area contributed by atoms with Crippen molar-refractivity contribution in [2.45, 2.75) is 64.3 Å². The van der Waals surface area contributed by atoms with Crippen molar-refractivity contribution in [2.24, 2.45) is 4.99 Å². The molecule has 2 saturated heterocycles. The Morgan fingerprint density at radius 2 is 1.96 bits per heavy atom. The fourth-order valence-corrected chi connectivity index (χ4v) is 3.11. The first kappa shape index (κ1) is 23.4. The Morgan fingerprint density at radius 1 is 1.27 bits per heavy atom. The van der Waals surface area contributed by atoms with Crippen LogP contribution in [-0.4, -0.2) is 74.5 Å². The number of ether oxygens (including phenoxy) is 3. The number of halogens is 1. The molecule has 2 aliphatic heterocycles. The average molecular weight is 483 g/mol. The molecule has 0 bridgehead atoms. The molecular weight excluding hydrogens is 449 g/mol. The lowest BCUT2D eigenvalue weighted by molar-refractivity contribution is -0.153. The summed E-state index contributed by atoms with van der Waals surface area (Å²) in [5, 5.41) is 3.09. The third-order valence-corrected chi connectivity index (χ3v) is 4.31. The predicted octanol–water partition coefficient (Wildman–Crippen LogP) is 2.18. The number of carbonyl (C=O) groups excluding carboxylic acids is 1. The van der Waals surface area contributed by atoms with Gasteiger partial charge in [-0.05, 0) is 46.5 Å². The number of hydrogen-bond donors (Lipinski definition) is 1. The molecule has 0 aromatic rings. The van der Waals surface area contributed by atoms with E-state index >= 15 is 0 Å². The van der Waals surface area contributed by atoms with Gasteiger partial charge in [0.2, 0.25) is 0 Å². The van der Waals surface area contributed by atoms with Crippen LogP contribution in [0.3, 0.4) is 0 Å². The lowest BCUT2D eigenvalue weighted by atomic mass is 10.1. The summed E-state index contributed by atoms with van der Waals surface area (Å²) < 4.78 is 16.9. The van der Waals surface area contributed by atoms with Crippen LogP contribution in [0.5, 0.6) is 0 Å². The van der Waals surface area contributed by atoms with Crippen molar-refractivity contribution in [3.63, 3.8) is 0 Å². The SMILES string of the molecule is CN=C(NCC(=O)OC(C)(C)C)N1CCC(OCC2CCCO2)CC1.I. The number of aliphatic imine (C=N–C) groups is 1. The fraction of sp³-hybridized carbons (Fsp3) is 0.889. The minimum Gasteiger partial charge on any atom is -0.459 e. The second-order valence-corrected chi connectivity index (χ2v) is 7.64. The van der Waals surface area contributed by atoms with Gasteiger partial charge < -0.3 is 24.4 Å². The lowest BCUT2D eigenvalue weighted by Crippen LogP contribution is -2.48. The van der Waals surface area contributed by atoms with Gasteiger partial charge in [-0.2, -0.15) is 0 Å². The van der Waals surface area contributed by atoms with Crippen molar-refractivity contribution in [1.29, 1.82) is 0 Å². The number of nitrogens with one attached hydrogen (secondary N) is 1. The van der Waals surface area contributed by atoms with E-state index in [0.717, 1.165) is 51.3 Å². The first-order valence-corrected chi connectivity index (χ1v) is 9.28. The summed E-state index contributed by atoms with van der Waals surface area (Å²) in [4.78, 5) is 18.3. The van der Waals surface area contributed by atoms with Crippen LogP contribution in [0.15, 0.2) is 4.99 Å². The van der Waals surface area contributed by atoms with Gasteiger partial charge in [0.05, 0.1) is 18.8 Å². The summed E-state index contributed by atoms with van der Waals surface area (Å²) in [6.07, 6.45) is 4.73. The Morgan fingerprint density at radius 3 is 2.50 bits per heavy atom. The van der Waals surface area contributed by atoms with E-state index < -0.39 is 5.60 Å². The smallest absolute Gasteiger partial charge is 0.325 e. The van der Waals surface area contributed by atoms with Crippen LogP contribution < -0.4 is 5.32 Å². The van der Waals surface area contributed by atoms with Gasteiger partial charge in [0.15, 0.2) is 5.96 Å². The summed E-state index contributed by atoms with van der Waals surface area (Å²) in [5.74, 6) is 0.465. The van der Waals surface area contributed by atoms with Gasteiger partial charge in [0, 0.05) is 26.7 Å². The van der Waals surface area contributed by atoms with Crippen LogP contribution in [0, 0.1) is 0 Å². The Kier molecular flexibility index (Phi) is 10.2. The summed E-state index contributed by atoms with van der Waals surface area (Å²) in [6, 6.07) is 0. The number of carbonyl (C=O) groups is 1. The molecule has 1 atom stereocenters. The molecule has 1 unspecified atom stereocenters. The van der Waals surface area contributed by atoms with Gasteiger partial charge in [-0.15, -0.1) is 24.0 Å². The van der Waals surface area contributed by atoms with Crippen molar-refractivity contribution >= 4 is 35.9 Å². The summed E-state index contributed by atoms with van der Waals surface area (Å²) in [6.45, 7) is 9.01. The van der Waals surface area contributed by atoms with Crippen LogP contribution in [0.25, 0.3) is 0 Å². The van der Waals surface area contributed by atoms with Gasteiger partial charge in [-0.1, -0.05) is 0 Å². The number of rotatable bonds is 5. The molecule has 152 valence electrons. The maximum Gasteiger partial charge on any atom is 0.325 e. The summed E-state index contributed by atoms with van der Waals surface area (Å²) in [7, 11) is 1.73. The molecule has 8 heteroatoms. The number of likely N-dealkylation sites (tertiary alicyclic amines) is 1. The molecule has 0 aromatic heterocycles. The minimum absolute atomic E-state index is 0. The molecule has 7 nitrogen and oxygen atoms in total. The van der Waals surface area contributed by atoms with E-state index in [1.807, 2.05) is 20.8 Å². The Labute approximate surface area is 174 Å². The van der Waals surface area contributed by atoms with Gasteiger partial charge in [-0.3, -0.25) is 9.79 Å². The average Bonchev–Trinajstić information content (AvgIpc) is 3.06. The van der Waals surface area contributed by atoms with E-state index in [1.165, 1.54) is 0 Å². The van der Waals surface area contributed by atoms with Crippen LogP contribution in [0.4, 0.5) is 0 Å². The van der Waals surface area contributed by atoms with Gasteiger partial charge in [0.25, 0.3) is 0 Å². The van der Waals surface area contributed by atoms with Crippen LogP contribution in [0.2, 0.25) is 0 Å². The molecule has 2 rings (SSSR count). The van der Waals surface area contributed by atoms with E-state index in [2.05, 4.69) is 15.2 Å². The van der Waals surface area contributed by atoms with Crippen molar-refractivity contribution in [3.05, 3.63) is 0 Å². The third kappa shape index (κ3) is 8.39. The normalized spacial score (nSPS) is 22.1. The van der Waals surface area contributed by atoms with Crippen LogP contribution in [-0.2, 0) is 19.0 Å². The maximum absolute atomic E-state index is 11.8. The first-order chi connectivity index (χ1) is 11.9. The van der Waals surface area contributed by atoms with E-state index in [1.54, 1.807) is 7.05 Å². The zero-order valence-corrected chi connectivity index (χ0v) is 18.8. The number of esters is 1. The fourth-order valence-electron chi connectivity index (χ4n) is 3.11. The molecule has 0 aliphatic carbocycles. The molecule has 0 radical (unpaired) electrons. The van der Waals surface area contributed by atoms with E-state index in [0.29, 0.717) is 6.61 Å². The van der Waals surface area contributed by atoms with E-state index in [4.69, 9.17) is 14.2 Å². The van der Waals surface area contributed by atoms with Gasteiger partial charge in [-0.25, -0.2) is 0 Å². The molecule has 26 heavy (non-hydrogen) atoms. The molecule has 0 aromatic carbocycles. The number of piperidine rings is 1. The number of guanidine groups is 1. The first-order valence-electron chi connectivity index (χ1n) is 9.28. The minimum atomic E-state index is -0.471. The number of hydrogen-bond acceptors (Lipinski definition) is 5. The topological polar surface area (TPSA) is 72.4 Å². The van der Waals surface area contributed by atoms with Crippen molar-refractivity contribution in [1.82, 2.24) is 10.2 Å². The third-order valence-electron chi connectivity index (χ3n) is 4.31. The second kappa shape index (κ2) is 11.3. The van der Waals surface area contributed by atoms with Crippen LogP contribution in [0.1, 0.15) is 46.5 Å². The maximum atomic E-state index is 11.8. The van der Waals surface area contributed by atoms with E-state index in [9.17, 15) is 4.79 Å². The molecule has 2 heterocycles. The highest BCUT2D eigenvalue weighted by atomic mass is 127. The van der Waals surface area contributed by atoms with E-state index in [-0.39, 0.29) is 48.7 Å². The largest absolute Gasteiger partial charge is 0.459 e. The summed E-state index contributed by atoms with van der Waals surface area (Å²) in [5.41, 5.74) is -0.471. The lowest BCUT2D eigenvalue weighted by Gasteiger charge is -2.34. The van der Waals surface area contributed by atoms with Crippen molar-refractivity contribution in [3.8, 4) is 0 Å². The second-order valence-electron chi connectivity index (χ2n) is 7.64. The molecule has 2 aliphatic rings. The molecular formula is C18H34IN3O4. The molecule has 0 saturated carbocycles. The predicted molar refractivity (Wildman–Crippen MR) is 112 cm³/mol.